The number of nitrogens with zero attached hydrogens (tertiary/aromatic N) is 4. The number of aryl methyl sites for hydroxylation is 1. The summed E-state index contributed by atoms with van der Waals surface area (Å²) in [6.45, 7) is 0. The first kappa shape index (κ1) is 12.0. The molecule has 0 atom stereocenters. The molecule has 0 N–H and O–H groups in total. The van der Waals surface area contributed by atoms with Crippen LogP contribution in [0, 0.1) is 0 Å². The Bertz CT molecular complexity index is 997. The largest absolute Gasteiger partial charge is 0.327 e. The first-order valence-electron chi connectivity index (χ1n) is 5.76. The number of carbonyl (C=O) groups is 1. The van der Waals surface area contributed by atoms with Gasteiger partial charge in [0.15, 0.2) is 9.76 Å². The summed E-state index contributed by atoms with van der Waals surface area (Å²) >= 11 is 4.42. The molecule has 0 radical (unpaired) electrons. The fourth-order valence-corrected chi connectivity index (χ4v) is 4.34. The summed E-state index contributed by atoms with van der Waals surface area (Å²) in [4.78, 5) is 24.0. The summed E-state index contributed by atoms with van der Waals surface area (Å²) in [5, 5.41) is 3.89. The fraction of sp³-hybridized carbons (Fsp3) is 0.0833. The highest BCUT2D eigenvalue weighted by Gasteiger charge is 2.14. The Morgan fingerprint density at radius 2 is 2.15 bits per heavy atom. The van der Waals surface area contributed by atoms with Crippen molar-refractivity contribution in [2.45, 2.75) is 0 Å². The van der Waals surface area contributed by atoms with Crippen molar-refractivity contribution in [1.29, 1.82) is 0 Å². The SMILES string of the molecule is Cn1ccsc1=NC(=O)c1cc2c(nc3sccn32)s1. The molecule has 20 heavy (non-hydrogen) atoms. The van der Waals surface area contributed by atoms with Gasteiger partial charge in [-0.1, -0.05) is 0 Å². The van der Waals surface area contributed by atoms with E-state index in [-0.39, 0.29) is 5.91 Å². The van der Waals surface area contributed by atoms with E-state index in [4.69, 9.17) is 0 Å². The zero-order valence-electron chi connectivity index (χ0n) is 10.3. The van der Waals surface area contributed by atoms with E-state index in [2.05, 4.69) is 9.98 Å². The van der Waals surface area contributed by atoms with Crippen molar-refractivity contribution in [2.24, 2.45) is 12.0 Å². The molecule has 0 spiro atoms. The number of rotatable bonds is 1. The van der Waals surface area contributed by atoms with Crippen LogP contribution >= 0.6 is 34.0 Å². The van der Waals surface area contributed by atoms with Crippen molar-refractivity contribution in [1.82, 2.24) is 14.0 Å². The molecular weight excluding hydrogens is 312 g/mol. The van der Waals surface area contributed by atoms with Gasteiger partial charge in [0.25, 0.3) is 5.91 Å². The number of amides is 1. The Labute approximate surface area is 125 Å². The lowest BCUT2D eigenvalue weighted by Crippen LogP contribution is -2.12. The summed E-state index contributed by atoms with van der Waals surface area (Å²) in [7, 11) is 1.87. The molecule has 0 saturated carbocycles. The van der Waals surface area contributed by atoms with Crippen LogP contribution in [0.1, 0.15) is 9.67 Å². The van der Waals surface area contributed by atoms with Crippen molar-refractivity contribution in [3.05, 3.63) is 38.9 Å². The topological polar surface area (TPSA) is 51.7 Å². The van der Waals surface area contributed by atoms with E-state index in [0.29, 0.717) is 9.68 Å². The van der Waals surface area contributed by atoms with Gasteiger partial charge in [-0.2, -0.15) is 4.99 Å². The zero-order chi connectivity index (χ0) is 13.7. The second-order valence-corrected chi connectivity index (χ2v) is 6.96. The second-order valence-electron chi connectivity index (χ2n) is 4.18. The van der Waals surface area contributed by atoms with Gasteiger partial charge in [-0.25, -0.2) is 4.98 Å². The quantitative estimate of drug-likeness (QED) is 0.541. The number of hydrogen-bond acceptors (Lipinski definition) is 5. The van der Waals surface area contributed by atoms with E-state index < -0.39 is 0 Å². The molecule has 4 rings (SSSR count). The molecule has 0 aliphatic rings. The Morgan fingerprint density at radius 3 is 2.95 bits per heavy atom. The van der Waals surface area contributed by atoms with Crippen LogP contribution in [0.25, 0.3) is 15.3 Å². The zero-order valence-corrected chi connectivity index (χ0v) is 12.8. The first-order valence-corrected chi connectivity index (χ1v) is 8.34. The molecule has 4 aromatic heterocycles. The lowest BCUT2D eigenvalue weighted by molar-refractivity contribution is 0.100. The van der Waals surface area contributed by atoms with E-state index in [1.165, 1.54) is 22.7 Å². The lowest BCUT2D eigenvalue weighted by atomic mass is 10.4. The third-order valence-electron chi connectivity index (χ3n) is 2.91. The number of hydrogen-bond donors (Lipinski definition) is 0. The summed E-state index contributed by atoms with van der Waals surface area (Å²) in [5.74, 6) is -0.213. The standard InChI is InChI=1S/C12H8N4OS3/c1-15-2-4-18-11(15)13-9(17)8-6-7-10(20-8)14-12-16(7)3-5-19-12/h2-6H,1H3. The van der Waals surface area contributed by atoms with E-state index in [9.17, 15) is 4.79 Å². The van der Waals surface area contributed by atoms with Gasteiger partial charge in [0, 0.05) is 30.2 Å². The van der Waals surface area contributed by atoms with Crippen LogP contribution in [0.5, 0.6) is 0 Å². The highest BCUT2D eigenvalue weighted by atomic mass is 32.1. The maximum absolute atomic E-state index is 12.2. The summed E-state index contributed by atoms with van der Waals surface area (Å²) in [6, 6.07) is 1.87. The van der Waals surface area contributed by atoms with Crippen LogP contribution in [-0.2, 0) is 7.05 Å². The molecule has 0 bridgehead atoms. The molecule has 4 aromatic rings. The average molecular weight is 320 g/mol. The van der Waals surface area contributed by atoms with Gasteiger partial charge >= 0.3 is 0 Å². The van der Waals surface area contributed by atoms with E-state index in [1.54, 1.807) is 11.3 Å². The Hall–Kier alpha value is -1.77. The molecular formula is C12H8N4OS3. The van der Waals surface area contributed by atoms with Crippen LogP contribution in [0.2, 0.25) is 0 Å². The van der Waals surface area contributed by atoms with Crippen molar-refractivity contribution >= 4 is 55.2 Å². The minimum atomic E-state index is -0.213. The minimum absolute atomic E-state index is 0.213. The number of aromatic nitrogens is 3. The van der Waals surface area contributed by atoms with E-state index in [1.807, 2.05) is 45.2 Å². The average Bonchev–Trinajstić information content (AvgIpc) is 3.11. The van der Waals surface area contributed by atoms with Crippen molar-refractivity contribution < 1.29 is 4.79 Å². The molecule has 100 valence electrons. The number of thiophene rings is 1. The highest BCUT2D eigenvalue weighted by molar-refractivity contribution is 7.21. The van der Waals surface area contributed by atoms with Gasteiger partial charge in [-0.05, 0) is 6.07 Å². The number of imidazole rings is 1. The molecule has 0 aliphatic heterocycles. The van der Waals surface area contributed by atoms with Crippen molar-refractivity contribution in [2.75, 3.05) is 0 Å². The smallest absolute Gasteiger partial charge is 0.289 e. The fourth-order valence-electron chi connectivity index (χ4n) is 1.93. The summed E-state index contributed by atoms with van der Waals surface area (Å²) < 4.78 is 3.83. The van der Waals surface area contributed by atoms with Crippen LogP contribution in [0.4, 0.5) is 0 Å². The van der Waals surface area contributed by atoms with Crippen LogP contribution in [0.3, 0.4) is 0 Å². The summed E-state index contributed by atoms with van der Waals surface area (Å²) in [5.41, 5.74) is 0.973. The van der Waals surface area contributed by atoms with E-state index >= 15 is 0 Å². The van der Waals surface area contributed by atoms with E-state index in [0.717, 1.165) is 15.3 Å². The van der Waals surface area contributed by atoms with Gasteiger partial charge in [-0.15, -0.1) is 34.0 Å². The summed E-state index contributed by atoms with van der Waals surface area (Å²) in [6.07, 6.45) is 3.85. The van der Waals surface area contributed by atoms with Crippen molar-refractivity contribution in [3.63, 3.8) is 0 Å². The Balaban J connectivity index is 1.84. The minimum Gasteiger partial charge on any atom is -0.327 e. The van der Waals surface area contributed by atoms with Gasteiger partial charge in [0.05, 0.1) is 10.4 Å². The van der Waals surface area contributed by atoms with Crippen molar-refractivity contribution in [3.8, 4) is 0 Å². The molecule has 0 saturated heterocycles. The maximum Gasteiger partial charge on any atom is 0.289 e. The third-order valence-corrected chi connectivity index (χ3v) is 5.52. The molecule has 0 aliphatic carbocycles. The lowest BCUT2D eigenvalue weighted by Gasteiger charge is -1.89. The number of fused-ring (bicyclic) bond motifs is 3. The first-order chi connectivity index (χ1) is 9.72. The van der Waals surface area contributed by atoms with Gasteiger partial charge < -0.3 is 4.57 Å². The maximum atomic E-state index is 12.2. The molecule has 4 heterocycles. The van der Waals surface area contributed by atoms with Crippen LogP contribution in [-0.4, -0.2) is 19.9 Å². The molecule has 5 nitrogen and oxygen atoms in total. The second kappa shape index (κ2) is 4.37. The predicted molar refractivity (Wildman–Crippen MR) is 81.6 cm³/mol. The normalized spacial score (nSPS) is 12.8. The molecule has 0 aromatic carbocycles. The highest BCUT2D eigenvalue weighted by Crippen LogP contribution is 2.28. The molecule has 0 unspecified atom stereocenters. The number of carbonyl (C=O) groups excluding carboxylic acids is 1. The predicted octanol–water partition coefficient (Wildman–Crippen LogP) is 2.75. The van der Waals surface area contributed by atoms with Crippen LogP contribution < -0.4 is 4.80 Å². The Morgan fingerprint density at radius 1 is 1.30 bits per heavy atom. The van der Waals surface area contributed by atoms with Gasteiger partial charge in [0.2, 0.25) is 0 Å². The monoisotopic (exact) mass is 320 g/mol. The van der Waals surface area contributed by atoms with Gasteiger partial charge in [0.1, 0.15) is 4.83 Å². The third kappa shape index (κ3) is 1.76. The Kier molecular flexibility index (Phi) is 2.62. The van der Waals surface area contributed by atoms with Gasteiger partial charge in [-0.3, -0.25) is 9.20 Å². The van der Waals surface area contributed by atoms with Crippen LogP contribution in [0.15, 0.2) is 34.2 Å². The molecule has 1 amide bonds. The molecule has 0 fully saturated rings. The number of thiazole rings is 2. The molecule has 8 heteroatoms.